The Balaban J connectivity index is 1.54. The second kappa shape index (κ2) is 10.9. The van der Waals surface area contributed by atoms with Crippen molar-refractivity contribution < 1.29 is 14.3 Å². The summed E-state index contributed by atoms with van der Waals surface area (Å²) in [4.78, 5) is 31.8. The molecule has 34 heavy (non-hydrogen) atoms. The summed E-state index contributed by atoms with van der Waals surface area (Å²) in [5.74, 6) is 0.642. The molecule has 5 nitrogen and oxygen atoms in total. The first-order valence-corrected chi connectivity index (χ1v) is 12.8. The summed E-state index contributed by atoms with van der Waals surface area (Å²) in [6.45, 7) is 7.15. The van der Waals surface area contributed by atoms with Crippen LogP contribution in [0.2, 0.25) is 0 Å². The van der Waals surface area contributed by atoms with Crippen molar-refractivity contribution in [2.24, 2.45) is 0 Å². The number of nitrogens with zero attached hydrogens (tertiary/aromatic N) is 2. The summed E-state index contributed by atoms with van der Waals surface area (Å²) >= 11 is 1.73. The number of ether oxygens (including phenoxy) is 1. The molecular weight excluding hydrogens is 444 g/mol. The van der Waals surface area contributed by atoms with Crippen LogP contribution in [0.5, 0.6) is 5.75 Å². The van der Waals surface area contributed by atoms with E-state index >= 15 is 0 Å². The lowest BCUT2D eigenvalue weighted by Gasteiger charge is -2.38. The Morgan fingerprint density at radius 2 is 1.85 bits per heavy atom. The molecule has 6 heteroatoms. The Kier molecular flexibility index (Phi) is 7.68. The van der Waals surface area contributed by atoms with Crippen LogP contribution in [0.1, 0.15) is 52.7 Å². The zero-order valence-electron chi connectivity index (χ0n) is 20.1. The fraction of sp³-hybridized carbons (Fsp3) is 0.357. The van der Waals surface area contributed by atoms with Gasteiger partial charge in [0.1, 0.15) is 18.9 Å². The molecule has 0 bridgehead atoms. The number of hydrogen-bond acceptors (Lipinski definition) is 4. The van der Waals surface area contributed by atoms with Gasteiger partial charge in [0, 0.05) is 23.0 Å². The van der Waals surface area contributed by atoms with Crippen molar-refractivity contribution in [3.05, 3.63) is 87.6 Å². The molecule has 178 valence electrons. The van der Waals surface area contributed by atoms with Crippen molar-refractivity contribution in [1.29, 1.82) is 0 Å². The third-order valence-corrected chi connectivity index (χ3v) is 7.55. The van der Waals surface area contributed by atoms with E-state index in [1.54, 1.807) is 28.4 Å². The zero-order chi connectivity index (χ0) is 24.1. The molecule has 1 aliphatic heterocycles. The van der Waals surface area contributed by atoms with Crippen molar-refractivity contribution in [2.75, 3.05) is 19.7 Å². The molecule has 1 aromatic heterocycles. The molecule has 2 aromatic carbocycles. The highest BCUT2D eigenvalue weighted by Gasteiger charge is 2.34. The average molecular weight is 477 g/mol. The van der Waals surface area contributed by atoms with Crippen molar-refractivity contribution in [3.63, 3.8) is 0 Å². The predicted molar refractivity (Wildman–Crippen MR) is 136 cm³/mol. The van der Waals surface area contributed by atoms with E-state index in [1.165, 1.54) is 10.4 Å². The van der Waals surface area contributed by atoms with E-state index in [0.717, 1.165) is 24.2 Å². The lowest BCUT2D eigenvalue weighted by atomic mass is 10.00. The molecule has 0 unspecified atom stereocenters. The molecular formula is C28H32N2O3S. The Hall–Kier alpha value is -3.12. The van der Waals surface area contributed by atoms with E-state index in [9.17, 15) is 9.59 Å². The highest BCUT2D eigenvalue weighted by atomic mass is 32.1. The third-order valence-electron chi connectivity index (χ3n) is 6.55. The maximum Gasteiger partial charge on any atom is 0.254 e. The van der Waals surface area contributed by atoms with Gasteiger partial charge in [0.25, 0.3) is 5.91 Å². The molecule has 0 fully saturated rings. The molecule has 0 aliphatic carbocycles. The second-order valence-electron chi connectivity index (χ2n) is 8.83. The topological polar surface area (TPSA) is 49.9 Å². The summed E-state index contributed by atoms with van der Waals surface area (Å²) in [5.41, 5.74) is 2.94. The van der Waals surface area contributed by atoms with E-state index < -0.39 is 0 Å². The fourth-order valence-electron chi connectivity index (χ4n) is 4.32. The molecule has 0 N–H and O–H groups in total. The first-order chi connectivity index (χ1) is 16.5. The number of benzene rings is 2. The van der Waals surface area contributed by atoms with Crippen LogP contribution in [0.15, 0.2) is 66.0 Å². The van der Waals surface area contributed by atoms with E-state index in [4.69, 9.17) is 4.74 Å². The summed E-state index contributed by atoms with van der Waals surface area (Å²) in [6.07, 6.45) is 1.61. The minimum atomic E-state index is -0.172. The summed E-state index contributed by atoms with van der Waals surface area (Å²) < 4.78 is 6.13. The van der Waals surface area contributed by atoms with Crippen molar-refractivity contribution in [1.82, 2.24) is 9.80 Å². The van der Waals surface area contributed by atoms with Gasteiger partial charge in [-0.3, -0.25) is 9.59 Å². The van der Waals surface area contributed by atoms with E-state index in [0.29, 0.717) is 18.7 Å². The van der Waals surface area contributed by atoms with Crippen LogP contribution < -0.4 is 4.74 Å². The molecule has 2 atom stereocenters. The van der Waals surface area contributed by atoms with Crippen LogP contribution in [0.25, 0.3) is 0 Å². The Labute approximate surface area is 206 Å². The quantitative estimate of drug-likeness (QED) is 0.431. The highest BCUT2D eigenvalue weighted by molar-refractivity contribution is 7.10. The maximum atomic E-state index is 13.6. The number of fused-ring (bicyclic) bond motifs is 1. The fourth-order valence-corrected chi connectivity index (χ4v) is 5.24. The number of carbonyl (C=O) groups excluding carboxylic acids is 2. The van der Waals surface area contributed by atoms with E-state index in [-0.39, 0.29) is 30.4 Å². The molecule has 2 amide bonds. The van der Waals surface area contributed by atoms with Gasteiger partial charge < -0.3 is 14.5 Å². The second-order valence-corrected chi connectivity index (χ2v) is 9.83. The highest BCUT2D eigenvalue weighted by Crippen LogP contribution is 2.34. The van der Waals surface area contributed by atoms with Gasteiger partial charge in [-0.15, -0.1) is 11.3 Å². The molecule has 3 aromatic rings. The van der Waals surface area contributed by atoms with Gasteiger partial charge in [0.15, 0.2) is 0 Å². The number of aryl methyl sites for hydroxylation is 1. The van der Waals surface area contributed by atoms with Gasteiger partial charge in [-0.05, 0) is 68.0 Å². The van der Waals surface area contributed by atoms with Gasteiger partial charge in [0.2, 0.25) is 5.91 Å². The molecule has 4 rings (SSSR count). The number of hydrogen-bond donors (Lipinski definition) is 0. The van der Waals surface area contributed by atoms with Crippen LogP contribution in [0, 0.1) is 6.92 Å². The van der Waals surface area contributed by atoms with Gasteiger partial charge in [-0.25, -0.2) is 0 Å². The van der Waals surface area contributed by atoms with Crippen LogP contribution in [0.3, 0.4) is 0 Å². The van der Waals surface area contributed by atoms with Crippen molar-refractivity contribution in [2.45, 2.75) is 45.7 Å². The van der Waals surface area contributed by atoms with Gasteiger partial charge in [-0.1, -0.05) is 42.8 Å². The molecule has 2 heterocycles. The predicted octanol–water partition coefficient (Wildman–Crippen LogP) is 5.50. The minimum Gasteiger partial charge on any atom is -0.491 e. The first-order valence-electron chi connectivity index (χ1n) is 11.9. The molecule has 0 saturated carbocycles. The van der Waals surface area contributed by atoms with Crippen LogP contribution in [-0.4, -0.2) is 47.4 Å². The van der Waals surface area contributed by atoms with Gasteiger partial charge >= 0.3 is 0 Å². The van der Waals surface area contributed by atoms with Crippen LogP contribution in [0.4, 0.5) is 0 Å². The largest absolute Gasteiger partial charge is 0.491 e. The SMILES string of the molecule is CC[C@@H](C)N(CC(=O)N1CCc2sccc2[C@H]1COc1ccc(C)cc1)C(=O)c1ccccc1. The Bertz CT molecular complexity index is 1110. The number of amides is 2. The molecule has 0 spiro atoms. The Morgan fingerprint density at radius 1 is 1.12 bits per heavy atom. The van der Waals surface area contributed by atoms with Gasteiger partial charge in [-0.2, -0.15) is 0 Å². The third kappa shape index (κ3) is 5.33. The van der Waals surface area contributed by atoms with Gasteiger partial charge in [0.05, 0.1) is 6.04 Å². The smallest absolute Gasteiger partial charge is 0.254 e. The zero-order valence-corrected chi connectivity index (χ0v) is 20.9. The number of rotatable bonds is 8. The summed E-state index contributed by atoms with van der Waals surface area (Å²) in [7, 11) is 0. The molecule has 1 aliphatic rings. The minimum absolute atomic E-state index is 0.0413. The Morgan fingerprint density at radius 3 is 2.56 bits per heavy atom. The van der Waals surface area contributed by atoms with E-state index in [2.05, 4.69) is 11.4 Å². The monoisotopic (exact) mass is 476 g/mol. The van der Waals surface area contributed by atoms with Crippen molar-refractivity contribution in [3.8, 4) is 5.75 Å². The van der Waals surface area contributed by atoms with Crippen LogP contribution in [-0.2, 0) is 11.2 Å². The first kappa shape index (κ1) is 24.0. The molecule has 0 saturated heterocycles. The number of thiophene rings is 1. The maximum absolute atomic E-state index is 13.6. The van der Waals surface area contributed by atoms with E-state index in [1.807, 2.05) is 68.1 Å². The summed E-state index contributed by atoms with van der Waals surface area (Å²) in [5, 5.41) is 2.09. The number of carbonyl (C=O) groups is 2. The average Bonchev–Trinajstić information content (AvgIpc) is 3.35. The summed E-state index contributed by atoms with van der Waals surface area (Å²) in [6, 6.07) is 19.1. The lowest BCUT2D eigenvalue weighted by molar-refractivity contribution is -0.136. The van der Waals surface area contributed by atoms with Crippen molar-refractivity contribution >= 4 is 23.2 Å². The standard InChI is InChI=1S/C28H32N2O3S/c1-4-21(3)30(28(32)22-8-6-5-7-9-22)18-27(31)29-16-14-26-24(15-17-34-26)25(29)19-33-23-12-10-20(2)11-13-23/h5-13,15,17,21,25H,4,14,16,18-19H2,1-3H3/t21-,25-/m1/s1. The lowest BCUT2D eigenvalue weighted by Crippen LogP contribution is -2.49. The normalized spacial score (nSPS) is 16.0. The van der Waals surface area contributed by atoms with Crippen LogP contribution >= 0.6 is 11.3 Å². The molecule has 0 radical (unpaired) electrons.